The van der Waals surface area contributed by atoms with Crippen LogP contribution in [0, 0.1) is 5.92 Å². The third-order valence-electron chi connectivity index (χ3n) is 3.45. The smallest absolute Gasteiger partial charge is 0.0175 e. The van der Waals surface area contributed by atoms with Gasteiger partial charge in [-0.2, -0.15) is 0 Å². The van der Waals surface area contributed by atoms with Gasteiger partial charge in [-0.05, 0) is 36.6 Å². The average Bonchev–Trinajstić information content (AvgIpc) is 2.35. The second-order valence-corrected chi connectivity index (χ2v) is 6.65. The number of benzene rings is 1. The van der Waals surface area contributed by atoms with E-state index in [4.69, 9.17) is 0 Å². The molecule has 0 aliphatic heterocycles. The van der Waals surface area contributed by atoms with E-state index >= 15 is 0 Å². The van der Waals surface area contributed by atoms with Crippen LogP contribution in [-0.2, 0) is 0 Å². The van der Waals surface area contributed by atoms with Gasteiger partial charge < -0.3 is 5.32 Å². The Hall–Kier alpha value is -0.600. The van der Waals surface area contributed by atoms with Gasteiger partial charge in [0.25, 0.3) is 0 Å². The van der Waals surface area contributed by atoms with Crippen LogP contribution in [0.4, 0.5) is 0 Å². The summed E-state index contributed by atoms with van der Waals surface area (Å²) in [7, 11) is 0. The molecular formula is C17H26BrN. The second kappa shape index (κ2) is 7.86. The molecule has 0 heterocycles. The van der Waals surface area contributed by atoms with Gasteiger partial charge in [0.15, 0.2) is 0 Å². The molecule has 1 atom stereocenters. The van der Waals surface area contributed by atoms with Crippen LogP contribution >= 0.6 is 15.9 Å². The van der Waals surface area contributed by atoms with E-state index in [0.717, 1.165) is 17.4 Å². The first-order chi connectivity index (χ1) is 8.91. The fourth-order valence-corrected chi connectivity index (χ4v) is 2.44. The summed E-state index contributed by atoms with van der Waals surface area (Å²) in [5.74, 6) is 0.965. The minimum absolute atomic E-state index is 0.444. The summed E-state index contributed by atoms with van der Waals surface area (Å²) < 4.78 is 1.13. The molecule has 0 saturated heterocycles. The molecule has 0 amide bonds. The van der Waals surface area contributed by atoms with Crippen molar-refractivity contribution in [2.75, 3.05) is 6.54 Å². The predicted molar refractivity (Wildman–Crippen MR) is 88.6 cm³/mol. The Kier molecular flexibility index (Phi) is 6.81. The summed E-state index contributed by atoms with van der Waals surface area (Å²) in [5.41, 5.74) is 2.69. The monoisotopic (exact) mass is 323 g/mol. The van der Waals surface area contributed by atoms with Crippen LogP contribution in [0.25, 0.3) is 0 Å². The fourth-order valence-electron chi connectivity index (χ4n) is 2.18. The van der Waals surface area contributed by atoms with Crippen LogP contribution < -0.4 is 5.32 Å². The Bertz CT molecular complexity index is 392. The zero-order chi connectivity index (χ0) is 14.4. The van der Waals surface area contributed by atoms with Gasteiger partial charge in [-0.3, -0.25) is 0 Å². The maximum Gasteiger partial charge on any atom is 0.0175 e. The number of rotatable bonds is 7. The van der Waals surface area contributed by atoms with Crippen molar-refractivity contribution in [3.63, 3.8) is 0 Å². The van der Waals surface area contributed by atoms with Gasteiger partial charge in [0.05, 0.1) is 0 Å². The second-order valence-electron chi connectivity index (χ2n) is 5.73. The molecule has 0 aliphatic carbocycles. The largest absolute Gasteiger partial charge is 0.314 e. The summed E-state index contributed by atoms with van der Waals surface area (Å²) >= 11 is 3.50. The molecule has 0 fully saturated rings. The van der Waals surface area contributed by atoms with Crippen molar-refractivity contribution in [3.05, 3.63) is 46.5 Å². The summed E-state index contributed by atoms with van der Waals surface area (Å²) in [6, 6.07) is 9.19. The molecule has 2 heteroatoms. The van der Waals surface area contributed by atoms with E-state index in [9.17, 15) is 0 Å². The van der Waals surface area contributed by atoms with Crippen molar-refractivity contribution in [3.8, 4) is 0 Å². The van der Waals surface area contributed by atoms with E-state index in [0.29, 0.717) is 17.9 Å². The van der Waals surface area contributed by atoms with E-state index < -0.39 is 0 Å². The molecule has 0 aliphatic rings. The molecule has 106 valence electrons. The lowest BCUT2D eigenvalue weighted by Gasteiger charge is -2.23. The summed E-state index contributed by atoms with van der Waals surface area (Å²) in [6.45, 7) is 14.2. The van der Waals surface area contributed by atoms with E-state index in [1.807, 2.05) is 0 Å². The molecule has 1 aromatic rings. The van der Waals surface area contributed by atoms with Gasteiger partial charge in [-0.15, -0.1) is 0 Å². The van der Waals surface area contributed by atoms with Gasteiger partial charge in [0.1, 0.15) is 0 Å². The van der Waals surface area contributed by atoms with E-state index in [-0.39, 0.29) is 0 Å². The molecule has 0 radical (unpaired) electrons. The highest BCUT2D eigenvalue weighted by Gasteiger charge is 2.17. The lowest BCUT2D eigenvalue weighted by molar-refractivity contribution is 0.531. The molecular weight excluding hydrogens is 298 g/mol. The SMILES string of the molecule is C=C(C(C)C)[C@H](CCNC(C)C)c1ccc(Br)cc1. The van der Waals surface area contributed by atoms with Crippen LogP contribution in [0.2, 0.25) is 0 Å². The molecule has 0 bridgehead atoms. The van der Waals surface area contributed by atoms with Crippen LogP contribution in [-0.4, -0.2) is 12.6 Å². The maximum absolute atomic E-state index is 4.31. The maximum atomic E-state index is 4.31. The van der Waals surface area contributed by atoms with Crippen LogP contribution in [0.5, 0.6) is 0 Å². The standard InChI is InChI=1S/C17H26BrN/c1-12(2)14(5)17(10-11-19-13(3)4)15-6-8-16(18)9-7-15/h6-9,12-13,17,19H,5,10-11H2,1-4H3/t17-/m0/s1. The topological polar surface area (TPSA) is 12.0 Å². The zero-order valence-corrected chi connectivity index (χ0v) is 14.1. The van der Waals surface area contributed by atoms with Gasteiger partial charge in [-0.1, -0.05) is 67.9 Å². The molecule has 19 heavy (non-hydrogen) atoms. The summed E-state index contributed by atoms with van der Waals surface area (Å²) in [5, 5.41) is 3.50. The highest BCUT2D eigenvalue weighted by Crippen LogP contribution is 2.31. The lowest BCUT2D eigenvalue weighted by atomic mass is 9.83. The highest BCUT2D eigenvalue weighted by molar-refractivity contribution is 9.10. The van der Waals surface area contributed by atoms with Crippen molar-refractivity contribution < 1.29 is 0 Å². The number of nitrogens with one attached hydrogen (secondary N) is 1. The van der Waals surface area contributed by atoms with E-state index in [1.54, 1.807) is 0 Å². The van der Waals surface area contributed by atoms with E-state index in [2.05, 4.69) is 79.8 Å². The normalized spacial score (nSPS) is 13.0. The Balaban J connectivity index is 2.80. The van der Waals surface area contributed by atoms with Crippen LogP contribution in [0.15, 0.2) is 40.9 Å². The number of allylic oxidation sites excluding steroid dienone is 1. The molecule has 0 saturated carbocycles. The first kappa shape index (κ1) is 16.5. The summed E-state index contributed by atoms with van der Waals surface area (Å²) in [4.78, 5) is 0. The first-order valence-electron chi connectivity index (χ1n) is 7.09. The Morgan fingerprint density at radius 1 is 1.16 bits per heavy atom. The lowest BCUT2D eigenvalue weighted by Crippen LogP contribution is -2.25. The van der Waals surface area contributed by atoms with Crippen molar-refractivity contribution in [2.24, 2.45) is 5.92 Å². The first-order valence-corrected chi connectivity index (χ1v) is 7.88. The van der Waals surface area contributed by atoms with Crippen molar-refractivity contribution >= 4 is 15.9 Å². The van der Waals surface area contributed by atoms with Crippen LogP contribution in [0.3, 0.4) is 0 Å². The van der Waals surface area contributed by atoms with Gasteiger partial charge in [0, 0.05) is 16.4 Å². The third kappa shape index (κ3) is 5.50. The average molecular weight is 324 g/mol. The predicted octanol–water partition coefficient (Wildman–Crippen LogP) is 5.13. The fraction of sp³-hybridized carbons (Fsp3) is 0.529. The number of hydrogen-bond donors (Lipinski definition) is 1. The van der Waals surface area contributed by atoms with Gasteiger partial charge in [0.2, 0.25) is 0 Å². The van der Waals surface area contributed by atoms with Gasteiger partial charge in [-0.25, -0.2) is 0 Å². The molecule has 1 aromatic carbocycles. The van der Waals surface area contributed by atoms with Crippen molar-refractivity contribution in [2.45, 2.75) is 46.1 Å². The van der Waals surface area contributed by atoms with Crippen molar-refractivity contribution in [1.29, 1.82) is 0 Å². The zero-order valence-electron chi connectivity index (χ0n) is 12.5. The molecule has 1 N–H and O–H groups in total. The molecule has 0 unspecified atom stereocenters. The van der Waals surface area contributed by atoms with E-state index in [1.165, 1.54) is 11.1 Å². The number of halogens is 1. The quantitative estimate of drug-likeness (QED) is 0.685. The van der Waals surface area contributed by atoms with Gasteiger partial charge >= 0.3 is 0 Å². The Morgan fingerprint density at radius 2 is 1.74 bits per heavy atom. The number of hydrogen-bond acceptors (Lipinski definition) is 1. The Morgan fingerprint density at radius 3 is 2.21 bits per heavy atom. The highest BCUT2D eigenvalue weighted by atomic mass is 79.9. The Labute approximate surface area is 126 Å². The molecule has 0 aromatic heterocycles. The summed E-state index contributed by atoms with van der Waals surface area (Å²) in [6.07, 6.45) is 1.11. The molecule has 1 nitrogen and oxygen atoms in total. The molecule has 0 spiro atoms. The van der Waals surface area contributed by atoms with Crippen LogP contribution in [0.1, 0.15) is 45.6 Å². The molecule has 1 rings (SSSR count). The van der Waals surface area contributed by atoms with Crippen molar-refractivity contribution in [1.82, 2.24) is 5.32 Å². The minimum atomic E-state index is 0.444. The third-order valence-corrected chi connectivity index (χ3v) is 3.98. The minimum Gasteiger partial charge on any atom is -0.314 e.